The molecule has 0 N–H and O–H groups in total. The van der Waals surface area contributed by atoms with Crippen molar-refractivity contribution in [1.29, 1.82) is 0 Å². The van der Waals surface area contributed by atoms with Crippen LogP contribution in [0.4, 0.5) is 5.69 Å². The highest BCUT2D eigenvalue weighted by atomic mass is 15.0. The van der Waals surface area contributed by atoms with Gasteiger partial charge in [0.25, 0.3) is 0 Å². The molecular weight excluding hydrogens is 839 g/mol. The monoisotopic (exact) mass is 879 g/mol. The predicted molar refractivity (Wildman–Crippen MR) is 284 cm³/mol. The Morgan fingerprint density at radius 3 is 1.06 bits per heavy atom. The van der Waals surface area contributed by atoms with Gasteiger partial charge in [0, 0.05) is 33.2 Å². The first-order valence-electron chi connectivity index (χ1n) is 23.0. The standard InChI is InChI=1S/C64H41N5/c1-65-54-36-38-60-58(42-54)57-39-52(45-21-11-4-12-22-45)35-37-59(57)69(60)61-55(48-23-13-5-14-24-48)40-53(41-56(61)49-25-15-6-16-26-49)64-67-62(50-31-27-46(28-32-50)43-17-7-2-8-18-43)66-63(68-64)51-33-29-47(30-34-51)44-19-9-3-10-20-44/h2-42H. The Morgan fingerprint density at radius 2 is 0.623 bits per heavy atom. The first-order valence-corrected chi connectivity index (χ1v) is 23.0. The Kier molecular flexibility index (Phi) is 10.5. The van der Waals surface area contributed by atoms with E-state index in [-0.39, 0.29) is 0 Å². The number of benzene rings is 10. The maximum Gasteiger partial charge on any atom is 0.188 e. The number of hydrogen-bond acceptors (Lipinski definition) is 3. The van der Waals surface area contributed by atoms with Crippen molar-refractivity contribution in [3.63, 3.8) is 0 Å². The second-order valence-electron chi connectivity index (χ2n) is 17.1. The van der Waals surface area contributed by atoms with Crippen LogP contribution in [0.25, 0.3) is 122 Å². The van der Waals surface area contributed by atoms with Crippen LogP contribution in [0.15, 0.2) is 249 Å². The summed E-state index contributed by atoms with van der Waals surface area (Å²) < 4.78 is 2.38. The van der Waals surface area contributed by atoms with E-state index in [1.165, 1.54) is 0 Å². The molecule has 2 aromatic heterocycles. The molecule has 2 heterocycles. The van der Waals surface area contributed by atoms with Crippen molar-refractivity contribution in [2.45, 2.75) is 0 Å². The first-order chi connectivity index (χ1) is 34.1. The Hall–Kier alpha value is -9.50. The van der Waals surface area contributed by atoms with Crippen LogP contribution in [0.1, 0.15) is 0 Å². The average Bonchev–Trinajstić information content (AvgIpc) is 3.76. The summed E-state index contributed by atoms with van der Waals surface area (Å²) in [6.07, 6.45) is 0. The maximum atomic E-state index is 8.00. The lowest BCUT2D eigenvalue weighted by Gasteiger charge is -2.21. The third kappa shape index (κ3) is 7.82. The van der Waals surface area contributed by atoms with Crippen molar-refractivity contribution in [3.05, 3.63) is 260 Å². The molecule has 0 aliphatic carbocycles. The van der Waals surface area contributed by atoms with E-state index in [9.17, 15) is 0 Å². The van der Waals surface area contributed by atoms with Gasteiger partial charge >= 0.3 is 0 Å². The third-order valence-corrected chi connectivity index (χ3v) is 12.9. The van der Waals surface area contributed by atoms with Crippen LogP contribution in [-0.2, 0) is 0 Å². The maximum absolute atomic E-state index is 8.00. The Balaban J connectivity index is 1.11. The fourth-order valence-electron chi connectivity index (χ4n) is 9.46. The smallest absolute Gasteiger partial charge is 0.188 e. The molecule has 5 heteroatoms. The second kappa shape index (κ2) is 17.7. The molecule has 0 spiro atoms. The zero-order chi connectivity index (χ0) is 46.1. The quantitative estimate of drug-likeness (QED) is 0.136. The topological polar surface area (TPSA) is 48.0 Å². The van der Waals surface area contributed by atoms with E-state index in [1.54, 1.807) is 0 Å². The van der Waals surface area contributed by atoms with Gasteiger partial charge in [-0.2, -0.15) is 0 Å². The van der Waals surface area contributed by atoms with Crippen molar-refractivity contribution in [2.75, 3.05) is 0 Å². The number of aromatic nitrogens is 4. The number of hydrogen-bond donors (Lipinski definition) is 0. The fourth-order valence-corrected chi connectivity index (χ4v) is 9.46. The SMILES string of the molecule is [C-]#[N+]c1ccc2c(c1)c1cc(-c3ccccc3)ccc1n2-c1c(-c2ccccc2)cc(-c2nc(-c3ccc(-c4ccccc4)cc3)nc(-c3ccc(-c4ccccc4)cc3)n2)cc1-c1ccccc1. The van der Waals surface area contributed by atoms with Crippen LogP contribution in [-0.4, -0.2) is 19.5 Å². The summed E-state index contributed by atoms with van der Waals surface area (Å²) in [5, 5.41) is 2.09. The Bertz CT molecular complexity index is 3680. The van der Waals surface area contributed by atoms with Gasteiger partial charge in [-0.3, -0.25) is 0 Å². The van der Waals surface area contributed by atoms with Crippen molar-refractivity contribution < 1.29 is 0 Å². The van der Waals surface area contributed by atoms with E-state index in [0.29, 0.717) is 23.2 Å². The average molecular weight is 880 g/mol. The van der Waals surface area contributed by atoms with Gasteiger partial charge in [0.1, 0.15) is 0 Å². The van der Waals surface area contributed by atoms with Gasteiger partial charge in [0.2, 0.25) is 0 Å². The molecule has 0 amide bonds. The molecule has 0 radical (unpaired) electrons. The van der Waals surface area contributed by atoms with Crippen LogP contribution in [0.3, 0.4) is 0 Å². The molecule has 69 heavy (non-hydrogen) atoms. The highest BCUT2D eigenvalue weighted by Gasteiger charge is 2.24. The molecule has 0 fully saturated rings. The minimum Gasteiger partial charge on any atom is -0.308 e. The molecule has 5 nitrogen and oxygen atoms in total. The predicted octanol–water partition coefficient (Wildman–Crippen LogP) is 16.9. The lowest BCUT2D eigenvalue weighted by Crippen LogP contribution is -2.04. The summed E-state index contributed by atoms with van der Waals surface area (Å²) in [5.41, 5.74) is 17.2. The molecule has 0 saturated heterocycles. The van der Waals surface area contributed by atoms with E-state index in [4.69, 9.17) is 21.5 Å². The van der Waals surface area contributed by atoms with E-state index < -0.39 is 0 Å². The molecule has 12 aromatic rings. The second-order valence-corrected chi connectivity index (χ2v) is 17.1. The zero-order valence-corrected chi connectivity index (χ0v) is 37.4. The minimum absolute atomic E-state index is 0.562. The fraction of sp³-hybridized carbons (Fsp3) is 0. The highest BCUT2D eigenvalue weighted by molar-refractivity contribution is 6.13. The highest BCUT2D eigenvalue weighted by Crippen LogP contribution is 2.45. The van der Waals surface area contributed by atoms with Gasteiger partial charge in [0.15, 0.2) is 23.2 Å². The zero-order valence-electron chi connectivity index (χ0n) is 37.4. The largest absolute Gasteiger partial charge is 0.308 e. The van der Waals surface area contributed by atoms with Gasteiger partial charge in [-0.1, -0.05) is 212 Å². The van der Waals surface area contributed by atoms with Gasteiger partial charge in [-0.15, -0.1) is 0 Å². The van der Waals surface area contributed by atoms with E-state index in [1.807, 2.05) is 30.3 Å². The van der Waals surface area contributed by atoms with Crippen molar-refractivity contribution in [3.8, 4) is 95.5 Å². The molecule has 10 aromatic carbocycles. The summed E-state index contributed by atoms with van der Waals surface area (Å²) in [6.45, 7) is 8.00. The van der Waals surface area contributed by atoms with Crippen LogP contribution in [0.5, 0.6) is 0 Å². The summed E-state index contributed by atoms with van der Waals surface area (Å²) in [6, 6.07) is 86.6. The molecular formula is C64H41N5. The third-order valence-electron chi connectivity index (χ3n) is 12.9. The van der Waals surface area contributed by atoms with Gasteiger partial charge in [-0.05, 0) is 86.3 Å². The van der Waals surface area contributed by atoms with E-state index in [2.05, 4.69) is 228 Å². The minimum atomic E-state index is 0.562. The van der Waals surface area contributed by atoms with E-state index >= 15 is 0 Å². The first kappa shape index (κ1) is 41.0. The van der Waals surface area contributed by atoms with Gasteiger partial charge < -0.3 is 4.57 Å². The Labute approximate surface area is 400 Å². The molecule has 322 valence electrons. The number of nitrogens with zero attached hydrogens (tertiary/aromatic N) is 5. The molecule has 0 unspecified atom stereocenters. The van der Waals surface area contributed by atoms with Crippen LogP contribution in [0.2, 0.25) is 0 Å². The normalized spacial score (nSPS) is 11.2. The molecule has 0 atom stereocenters. The summed E-state index contributed by atoms with van der Waals surface area (Å²) in [5.74, 6) is 1.73. The van der Waals surface area contributed by atoms with Gasteiger partial charge in [-0.25, -0.2) is 19.8 Å². The summed E-state index contributed by atoms with van der Waals surface area (Å²) >= 11 is 0. The number of fused-ring (bicyclic) bond motifs is 3. The summed E-state index contributed by atoms with van der Waals surface area (Å²) in [7, 11) is 0. The Morgan fingerprint density at radius 1 is 0.290 bits per heavy atom. The van der Waals surface area contributed by atoms with Crippen LogP contribution < -0.4 is 0 Å². The summed E-state index contributed by atoms with van der Waals surface area (Å²) in [4.78, 5) is 19.7. The lowest BCUT2D eigenvalue weighted by molar-refractivity contribution is 1.07. The van der Waals surface area contributed by atoms with Crippen LogP contribution in [0, 0.1) is 6.57 Å². The molecule has 0 aliphatic heterocycles. The van der Waals surface area contributed by atoms with Crippen molar-refractivity contribution in [1.82, 2.24) is 19.5 Å². The molecule has 0 saturated carbocycles. The molecule has 0 bridgehead atoms. The molecule has 12 rings (SSSR count). The van der Waals surface area contributed by atoms with E-state index in [0.717, 1.165) is 99.8 Å². The van der Waals surface area contributed by atoms with Crippen molar-refractivity contribution in [2.24, 2.45) is 0 Å². The van der Waals surface area contributed by atoms with Crippen LogP contribution >= 0.6 is 0 Å². The number of rotatable bonds is 9. The molecule has 0 aliphatic rings. The van der Waals surface area contributed by atoms with Gasteiger partial charge in [0.05, 0.1) is 23.3 Å². The lowest BCUT2D eigenvalue weighted by atomic mass is 9.92. The van der Waals surface area contributed by atoms with Crippen molar-refractivity contribution >= 4 is 27.5 Å².